The van der Waals surface area contributed by atoms with Crippen LogP contribution in [-0.2, 0) is 24.0 Å². The second-order valence-electron chi connectivity index (χ2n) is 7.51. The zero-order valence-electron chi connectivity index (χ0n) is 18.1. The van der Waals surface area contributed by atoms with Gasteiger partial charge in [0, 0.05) is 0 Å². The predicted octanol–water partition coefficient (Wildman–Crippen LogP) is -0.560. The third kappa shape index (κ3) is 8.76. The van der Waals surface area contributed by atoms with Gasteiger partial charge in [-0.25, -0.2) is 0 Å². The molecule has 0 saturated carbocycles. The molecule has 3 amide bonds. The number of nitrogens with two attached hydrogens (primary N) is 1. The van der Waals surface area contributed by atoms with Gasteiger partial charge in [0.1, 0.15) is 18.1 Å². The van der Waals surface area contributed by atoms with Gasteiger partial charge in [0.05, 0.1) is 12.5 Å². The molecule has 11 nitrogen and oxygen atoms in total. The number of carbonyl (C=O) groups excluding carboxylic acids is 3. The number of hydrogen-bond donors (Lipinski definition) is 6. The van der Waals surface area contributed by atoms with Gasteiger partial charge in [-0.05, 0) is 18.8 Å². The number of rotatable bonds is 13. The topological polar surface area (TPSA) is 188 Å². The standard InChI is InChI=1S/C19H34N4O7/c1-6-9(3)14(20)17(27)22-12(8-13(24)25)16(26)23-15(10(4)7-2)18(28)21-11(5)19(29)30/h9-12,14-15H,6-8,20H2,1-5H3,(H,21,28)(H,22,27)(H,23,26)(H,24,25)(H,29,30). The van der Waals surface area contributed by atoms with Crippen molar-refractivity contribution in [1.29, 1.82) is 0 Å². The molecule has 11 heteroatoms. The lowest BCUT2D eigenvalue weighted by Gasteiger charge is -2.27. The Labute approximate surface area is 176 Å². The van der Waals surface area contributed by atoms with Crippen molar-refractivity contribution in [3.8, 4) is 0 Å². The first-order chi connectivity index (χ1) is 13.8. The van der Waals surface area contributed by atoms with Crippen molar-refractivity contribution in [3.63, 3.8) is 0 Å². The maximum Gasteiger partial charge on any atom is 0.325 e. The van der Waals surface area contributed by atoms with Crippen LogP contribution in [0.15, 0.2) is 0 Å². The summed E-state index contributed by atoms with van der Waals surface area (Å²) in [6.45, 7) is 8.33. The van der Waals surface area contributed by atoms with Crippen molar-refractivity contribution < 1.29 is 34.2 Å². The molecule has 172 valence electrons. The van der Waals surface area contributed by atoms with Gasteiger partial charge >= 0.3 is 11.9 Å². The Hall–Kier alpha value is -2.69. The van der Waals surface area contributed by atoms with E-state index in [2.05, 4.69) is 16.0 Å². The number of hydrogen-bond acceptors (Lipinski definition) is 6. The molecule has 0 radical (unpaired) electrons. The van der Waals surface area contributed by atoms with Crippen LogP contribution in [0.3, 0.4) is 0 Å². The highest BCUT2D eigenvalue weighted by Gasteiger charge is 2.33. The Morgan fingerprint density at radius 3 is 1.77 bits per heavy atom. The highest BCUT2D eigenvalue weighted by molar-refractivity contribution is 5.95. The highest BCUT2D eigenvalue weighted by atomic mass is 16.4. The minimum Gasteiger partial charge on any atom is -0.481 e. The zero-order chi connectivity index (χ0) is 23.6. The Balaban J connectivity index is 5.47. The lowest BCUT2D eigenvalue weighted by molar-refractivity contribution is -0.143. The second-order valence-corrected chi connectivity index (χ2v) is 7.51. The number of carboxylic acids is 2. The SMILES string of the molecule is CCC(C)C(N)C(=O)NC(CC(=O)O)C(=O)NC(C(=O)NC(C)C(=O)O)C(C)CC. The Morgan fingerprint density at radius 1 is 0.800 bits per heavy atom. The highest BCUT2D eigenvalue weighted by Crippen LogP contribution is 2.10. The zero-order valence-corrected chi connectivity index (χ0v) is 18.1. The summed E-state index contributed by atoms with van der Waals surface area (Å²) in [6.07, 6.45) is 0.391. The molecule has 0 aromatic heterocycles. The first-order valence-corrected chi connectivity index (χ1v) is 9.96. The maximum absolute atomic E-state index is 12.7. The van der Waals surface area contributed by atoms with Gasteiger partial charge in [0.25, 0.3) is 0 Å². The average Bonchev–Trinajstić information content (AvgIpc) is 2.68. The van der Waals surface area contributed by atoms with Crippen molar-refractivity contribution >= 4 is 29.7 Å². The third-order valence-electron chi connectivity index (χ3n) is 5.09. The molecule has 0 bridgehead atoms. The van der Waals surface area contributed by atoms with Gasteiger partial charge in [-0.2, -0.15) is 0 Å². The van der Waals surface area contributed by atoms with Crippen LogP contribution in [0.1, 0.15) is 53.9 Å². The third-order valence-corrected chi connectivity index (χ3v) is 5.09. The molecular weight excluding hydrogens is 396 g/mol. The summed E-state index contributed by atoms with van der Waals surface area (Å²) in [6, 6.07) is -4.66. The molecule has 0 rings (SSSR count). The van der Waals surface area contributed by atoms with Crippen LogP contribution >= 0.6 is 0 Å². The molecule has 0 aliphatic carbocycles. The fourth-order valence-corrected chi connectivity index (χ4v) is 2.48. The Kier molecular flexibility index (Phi) is 11.6. The minimum absolute atomic E-state index is 0.185. The van der Waals surface area contributed by atoms with E-state index in [0.29, 0.717) is 12.8 Å². The number of carboxylic acid groups (broad SMARTS) is 2. The second kappa shape index (κ2) is 12.8. The molecule has 0 aromatic rings. The Morgan fingerprint density at radius 2 is 1.33 bits per heavy atom. The van der Waals surface area contributed by atoms with Crippen LogP contribution in [0, 0.1) is 11.8 Å². The average molecular weight is 431 g/mol. The molecule has 6 unspecified atom stereocenters. The normalized spacial score (nSPS) is 16.9. The number of aliphatic carboxylic acids is 2. The smallest absolute Gasteiger partial charge is 0.325 e. The number of nitrogens with one attached hydrogen (secondary N) is 3. The monoisotopic (exact) mass is 430 g/mol. The first-order valence-electron chi connectivity index (χ1n) is 9.96. The van der Waals surface area contributed by atoms with E-state index in [0.717, 1.165) is 0 Å². The summed E-state index contributed by atoms with van der Waals surface area (Å²) in [7, 11) is 0. The summed E-state index contributed by atoms with van der Waals surface area (Å²) in [5, 5.41) is 25.1. The summed E-state index contributed by atoms with van der Waals surface area (Å²) >= 11 is 0. The van der Waals surface area contributed by atoms with E-state index in [1.807, 2.05) is 6.92 Å². The fraction of sp³-hybridized carbons (Fsp3) is 0.737. The van der Waals surface area contributed by atoms with Gasteiger partial charge in [-0.3, -0.25) is 24.0 Å². The quantitative estimate of drug-likeness (QED) is 0.224. The van der Waals surface area contributed by atoms with E-state index in [4.69, 9.17) is 15.9 Å². The molecule has 0 aliphatic rings. The number of amides is 3. The molecule has 6 atom stereocenters. The van der Waals surface area contributed by atoms with E-state index in [9.17, 15) is 24.0 Å². The van der Waals surface area contributed by atoms with Crippen molar-refractivity contribution in [3.05, 3.63) is 0 Å². The van der Waals surface area contributed by atoms with Crippen LogP contribution in [0.5, 0.6) is 0 Å². The Bertz CT molecular complexity index is 640. The molecule has 0 spiro atoms. The van der Waals surface area contributed by atoms with Gasteiger partial charge in [0.2, 0.25) is 17.7 Å². The molecule has 7 N–H and O–H groups in total. The maximum atomic E-state index is 12.7. The largest absolute Gasteiger partial charge is 0.481 e. The van der Waals surface area contributed by atoms with Crippen LogP contribution in [0.25, 0.3) is 0 Å². The summed E-state index contributed by atoms with van der Waals surface area (Å²) in [4.78, 5) is 59.7. The summed E-state index contributed by atoms with van der Waals surface area (Å²) < 4.78 is 0. The predicted molar refractivity (Wildman–Crippen MR) is 108 cm³/mol. The lowest BCUT2D eigenvalue weighted by Crippen LogP contribution is -2.59. The van der Waals surface area contributed by atoms with Crippen molar-refractivity contribution in [2.75, 3.05) is 0 Å². The molecule has 0 aliphatic heterocycles. The first kappa shape index (κ1) is 27.3. The molecule has 0 saturated heterocycles. The van der Waals surface area contributed by atoms with E-state index in [1.54, 1.807) is 20.8 Å². The number of carbonyl (C=O) groups is 5. The van der Waals surface area contributed by atoms with Gasteiger partial charge in [0.15, 0.2) is 0 Å². The fourth-order valence-electron chi connectivity index (χ4n) is 2.48. The van der Waals surface area contributed by atoms with E-state index < -0.39 is 60.2 Å². The minimum atomic E-state index is -1.44. The van der Waals surface area contributed by atoms with Gasteiger partial charge in [-0.15, -0.1) is 0 Å². The summed E-state index contributed by atoms with van der Waals surface area (Å²) in [5.41, 5.74) is 5.84. The molecular formula is C19H34N4O7. The van der Waals surface area contributed by atoms with Gasteiger partial charge < -0.3 is 31.9 Å². The van der Waals surface area contributed by atoms with E-state index >= 15 is 0 Å². The molecule has 0 heterocycles. The van der Waals surface area contributed by atoms with Crippen molar-refractivity contribution in [2.45, 2.75) is 78.0 Å². The van der Waals surface area contributed by atoms with Crippen LogP contribution in [0.2, 0.25) is 0 Å². The van der Waals surface area contributed by atoms with Crippen LogP contribution in [-0.4, -0.2) is 64.0 Å². The molecule has 0 fully saturated rings. The van der Waals surface area contributed by atoms with Crippen LogP contribution in [0.4, 0.5) is 0 Å². The van der Waals surface area contributed by atoms with Gasteiger partial charge in [-0.1, -0.05) is 40.5 Å². The van der Waals surface area contributed by atoms with Crippen molar-refractivity contribution in [1.82, 2.24) is 16.0 Å². The van der Waals surface area contributed by atoms with E-state index in [1.165, 1.54) is 6.92 Å². The van der Waals surface area contributed by atoms with Crippen molar-refractivity contribution in [2.24, 2.45) is 17.6 Å². The summed E-state index contributed by atoms with van der Waals surface area (Å²) in [5.74, 6) is -5.39. The van der Waals surface area contributed by atoms with Crippen LogP contribution < -0.4 is 21.7 Å². The van der Waals surface area contributed by atoms with E-state index in [-0.39, 0.29) is 11.8 Å². The molecule has 0 aromatic carbocycles. The molecule has 30 heavy (non-hydrogen) atoms. The lowest BCUT2D eigenvalue weighted by atomic mass is 9.97.